The maximum absolute atomic E-state index is 13.1. The van der Waals surface area contributed by atoms with E-state index >= 15 is 0 Å². The number of aliphatic hydroxyl groups is 2. The van der Waals surface area contributed by atoms with E-state index in [9.17, 15) is 33.9 Å². The smallest absolute Gasteiger partial charge is 0.387 e. The van der Waals surface area contributed by atoms with Crippen molar-refractivity contribution in [2.75, 3.05) is 18.9 Å². The van der Waals surface area contributed by atoms with E-state index in [0.717, 1.165) is 23.5 Å². The molecule has 2 unspecified atom stereocenters. The molecule has 24 heteroatoms. The minimum atomic E-state index is -5.09. The third-order valence-electron chi connectivity index (χ3n) is 7.23. The Labute approximate surface area is 243 Å². The largest absolute Gasteiger partial charge is 0.472 e. The molecule has 3 fully saturated rings. The Kier molecular flexibility index (Phi) is 7.16. The highest BCUT2D eigenvalue weighted by Crippen LogP contribution is 2.53. The Bertz CT molecular complexity index is 1880. The predicted molar refractivity (Wildman–Crippen MR) is 139 cm³/mol. The maximum atomic E-state index is 13.1. The molecule has 7 N–H and O–H groups in total. The zero-order valence-electron chi connectivity index (χ0n) is 21.9. The van der Waals surface area contributed by atoms with Gasteiger partial charge in [0.2, 0.25) is 0 Å². The van der Waals surface area contributed by atoms with Gasteiger partial charge in [-0.05, 0) is 0 Å². The van der Waals surface area contributed by atoms with E-state index in [0.29, 0.717) is 0 Å². The number of nitrogen functional groups attached to an aromatic ring is 1. The Morgan fingerprint density at radius 1 is 0.909 bits per heavy atom. The van der Waals surface area contributed by atoms with Crippen LogP contribution in [0.5, 0.6) is 0 Å². The van der Waals surface area contributed by atoms with Gasteiger partial charge in [0.15, 0.2) is 29.6 Å². The number of hydrogen-bond donors (Lipinski definition) is 6. The molecule has 3 aliphatic heterocycles. The van der Waals surface area contributed by atoms with Crippen LogP contribution in [0.4, 0.5) is 5.82 Å². The topological polar surface area (TPSA) is 304 Å². The lowest BCUT2D eigenvalue weighted by atomic mass is 10.1. The molecule has 3 saturated heterocycles. The number of phosphoric ester groups is 2. The van der Waals surface area contributed by atoms with Crippen molar-refractivity contribution in [1.82, 2.24) is 39.3 Å². The van der Waals surface area contributed by atoms with E-state index in [-0.39, 0.29) is 28.0 Å². The van der Waals surface area contributed by atoms with E-state index in [1.807, 2.05) is 0 Å². The molecule has 10 atom stereocenters. The van der Waals surface area contributed by atoms with E-state index in [1.54, 1.807) is 0 Å². The SMILES string of the molecule is Nc1ncnc2c1ncn2[C@@H]1O[C@@H]2COP(=O)(O)O[C@@H]3[C@H](O)[C@@H](COP(=O)(O)O[C@H]2[C@H]1O)O[C@H]3n1ncc2c(=O)[nH]cnc21. The summed E-state index contributed by atoms with van der Waals surface area (Å²) >= 11 is 0. The molecule has 0 spiro atoms. The summed E-state index contributed by atoms with van der Waals surface area (Å²) in [5.41, 5.74) is 5.59. The van der Waals surface area contributed by atoms with Gasteiger partial charge in [-0.1, -0.05) is 0 Å². The van der Waals surface area contributed by atoms with Crippen molar-refractivity contribution in [1.29, 1.82) is 0 Å². The molecule has 7 rings (SSSR count). The normalized spacial score (nSPS) is 38.3. The molecule has 22 nitrogen and oxygen atoms in total. The number of nitrogens with two attached hydrogens (primary N) is 1. The number of nitrogens with zero attached hydrogens (tertiary/aromatic N) is 7. The van der Waals surface area contributed by atoms with Crippen LogP contribution in [0, 0.1) is 0 Å². The van der Waals surface area contributed by atoms with Gasteiger partial charge in [0.05, 0.1) is 32.1 Å². The number of aromatic nitrogens is 8. The zero-order chi connectivity index (χ0) is 31.0. The lowest BCUT2D eigenvalue weighted by molar-refractivity contribution is -0.0703. The van der Waals surface area contributed by atoms with Crippen molar-refractivity contribution >= 4 is 43.7 Å². The summed E-state index contributed by atoms with van der Waals surface area (Å²) in [5, 5.41) is 26.2. The van der Waals surface area contributed by atoms with Gasteiger partial charge in [-0.15, -0.1) is 0 Å². The molecule has 0 radical (unpaired) electrons. The molecule has 0 aromatic carbocycles. The van der Waals surface area contributed by atoms with Crippen LogP contribution in [0.1, 0.15) is 12.5 Å². The Balaban J connectivity index is 1.20. The summed E-state index contributed by atoms with van der Waals surface area (Å²) in [6.07, 6.45) is -7.92. The van der Waals surface area contributed by atoms with Gasteiger partial charge in [-0.3, -0.25) is 27.5 Å². The number of hydrogen-bond acceptors (Lipinski definition) is 17. The zero-order valence-corrected chi connectivity index (χ0v) is 23.7. The van der Waals surface area contributed by atoms with Gasteiger partial charge < -0.3 is 40.2 Å². The molecule has 0 amide bonds. The summed E-state index contributed by atoms with van der Waals surface area (Å²) in [6.45, 7) is -1.62. The first kappa shape index (κ1) is 29.5. The van der Waals surface area contributed by atoms with Gasteiger partial charge in [-0.2, -0.15) is 5.10 Å². The predicted octanol–water partition coefficient (Wildman–Crippen LogP) is -1.92. The number of phosphoric acid groups is 2. The van der Waals surface area contributed by atoms with Crippen molar-refractivity contribution in [3.8, 4) is 0 Å². The molecule has 0 saturated carbocycles. The highest BCUT2D eigenvalue weighted by atomic mass is 31.2. The van der Waals surface area contributed by atoms with E-state index in [2.05, 4.69) is 30.0 Å². The van der Waals surface area contributed by atoms with Crippen molar-refractivity contribution in [2.24, 2.45) is 0 Å². The standard InChI is InChI=1S/C20H23N9O13P2/c21-15-10-17(24-4-22-15)28(6-26-10)19-12(31)13-9(40-19)3-38-44(35,36)42-14-11(30)8(2-37-43(33,34)41-13)39-20(14)29-16-7(1-27-29)18(32)25-5-23-16/h1,4-6,8-9,11-14,19-20,30-31H,2-3H2,(H,33,34)(H,35,36)(H2,21,22,24)(H,23,25,32)/t8-,9-,11-,12-,13-,14-,19-,20-/m1/s1. The maximum Gasteiger partial charge on any atom is 0.472 e. The van der Waals surface area contributed by atoms with Crippen LogP contribution >= 0.6 is 15.6 Å². The second-order valence-corrected chi connectivity index (χ2v) is 12.7. The second kappa shape index (κ2) is 10.7. The minimum Gasteiger partial charge on any atom is -0.387 e. The Morgan fingerprint density at radius 3 is 2.39 bits per heavy atom. The van der Waals surface area contributed by atoms with E-state index in [1.165, 1.54) is 10.9 Å². The van der Waals surface area contributed by atoms with E-state index in [4.69, 9.17) is 33.3 Å². The number of ether oxygens (including phenoxy) is 2. The summed E-state index contributed by atoms with van der Waals surface area (Å²) in [6, 6.07) is 0. The van der Waals surface area contributed by atoms with Crippen molar-refractivity contribution < 1.29 is 56.7 Å². The van der Waals surface area contributed by atoms with Crippen LogP contribution in [-0.2, 0) is 36.7 Å². The number of aliphatic hydroxyl groups excluding tert-OH is 2. The molecule has 236 valence electrons. The number of imidazole rings is 1. The average molecular weight is 659 g/mol. The Hall–Kier alpha value is -3.24. The number of aromatic amines is 1. The number of fused-ring (bicyclic) bond motifs is 5. The summed E-state index contributed by atoms with van der Waals surface area (Å²) in [7, 11) is -10.1. The number of nitrogens with one attached hydrogen (secondary N) is 1. The molecule has 7 heterocycles. The number of anilines is 1. The number of rotatable bonds is 2. The fourth-order valence-corrected chi connectivity index (χ4v) is 7.10. The second-order valence-electron chi connectivity index (χ2n) is 9.92. The first-order valence-electron chi connectivity index (χ1n) is 12.7. The molecular weight excluding hydrogens is 636 g/mol. The van der Waals surface area contributed by atoms with Gasteiger partial charge in [0.25, 0.3) is 5.56 Å². The van der Waals surface area contributed by atoms with Gasteiger partial charge in [-0.25, -0.2) is 33.7 Å². The third kappa shape index (κ3) is 5.04. The molecule has 0 aliphatic carbocycles. The van der Waals surface area contributed by atoms with Crippen LogP contribution in [-0.4, -0.2) is 109 Å². The monoisotopic (exact) mass is 659 g/mol. The fourth-order valence-electron chi connectivity index (χ4n) is 5.20. The van der Waals surface area contributed by atoms with Crippen LogP contribution in [0.15, 0.2) is 30.0 Å². The van der Waals surface area contributed by atoms with E-state index < -0.39 is 83.5 Å². The average Bonchev–Trinajstić information content (AvgIpc) is 3.73. The van der Waals surface area contributed by atoms with Gasteiger partial charge >= 0.3 is 15.6 Å². The highest BCUT2D eigenvalue weighted by molar-refractivity contribution is 7.47. The lowest BCUT2D eigenvalue weighted by Crippen LogP contribution is -2.36. The third-order valence-corrected chi connectivity index (χ3v) is 9.20. The Morgan fingerprint density at radius 2 is 1.61 bits per heavy atom. The first-order valence-corrected chi connectivity index (χ1v) is 15.7. The fraction of sp³-hybridized carbons (Fsp3) is 0.500. The number of H-pyrrole nitrogens is 1. The molecule has 4 aromatic rings. The molecule has 4 aromatic heterocycles. The van der Waals surface area contributed by atoms with Crippen LogP contribution in [0.2, 0.25) is 0 Å². The summed E-state index contributed by atoms with van der Waals surface area (Å²) < 4.78 is 60.9. The quantitative estimate of drug-likeness (QED) is 0.128. The minimum absolute atomic E-state index is 0.0200. The molecule has 2 bridgehead atoms. The molecule has 44 heavy (non-hydrogen) atoms. The van der Waals surface area contributed by atoms with Crippen molar-refractivity contribution in [3.63, 3.8) is 0 Å². The summed E-state index contributed by atoms with van der Waals surface area (Å²) in [4.78, 5) is 51.8. The lowest BCUT2D eigenvalue weighted by Gasteiger charge is -2.25. The van der Waals surface area contributed by atoms with Crippen LogP contribution in [0.25, 0.3) is 22.2 Å². The van der Waals surface area contributed by atoms with Gasteiger partial charge in [0.1, 0.15) is 53.9 Å². The molecular formula is C20H23N9O13P2. The van der Waals surface area contributed by atoms with Crippen LogP contribution < -0.4 is 11.3 Å². The summed E-state index contributed by atoms with van der Waals surface area (Å²) in [5.74, 6) is 0.0398. The van der Waals surface area contributed by atoms with Gasteiger partial charge in [0, 0.05) is 0 Å². The van der Waals surface area contributed by atoms with Crippen LogP contribution in [0.3, 0.4) is 0 Å². The highest BCUT2D eigenvalue weighted by Gasteiger charge is 2.54. The van der Waals surface area contributed by atoms with Crippen molar-refractivity contribution in [3.05, 3.63) is 35.5 Å². The van der Waals surface area contributed by atoms with Crippen molar-refractivity contribution in [2.45, 2.75) is 49.1 Å². The molecule has 3 aliphatic rings. The first-order chi connectivity index (χ1) is 20.9.